The molecule has 0 aliphatic carbocycles. The van der Waals surface area contributed by atoms with Crippen molar-refractivity contribution in [1.82, 2.24) is 5.32 Å². The van der Waals surface area contributed by atoms with E-state index in [1.807, 2.05) is 0 Å². The SMILES string of the molecule is C#CCOc1ccc(C(=O)NC(C)C(C)C(=O)O)cc1. The van der Waals surface area contributed by atoms with Crippen LogP contribution >= 0.6 is 0 Å². The summed E-state index contributed by atoms with van der Waals surface area (Å²) in [5, 5.41) is 11.5. The lowest BCUT2D eigenvalue weighted by Crippen LogP contribution is -2.40. The average Bonchev–Trinajstić information content (AvgIpc) is 2.44. The van der Waals surface area contributed by atoms with Crippen molar-refractivity contribution >= 4 is 11.9 Å². The van der Waals surface area contributed by atoms with E-state index < -0.39 is 17.9 Å². The Morgan fingerprint density at radius 3 is 2.45 bits per heavy atom. The number of aliphatic carboxylic acids is 1. The number of benzene rings is 1. The Hall–Kier alpha value is -2.48. The number of hydrogen-bond acceptors (Lipinski definition) is 3. The maximum Gasteiger partial charge on any atom is 0.308 e. The van der Waals surface area contributed by atoms with Crippen molar-refractivity contribution in [2.75, 3.05) is 6.61 Å². The summed E-state index contributed by atoms with van der Waals surface area (Å²) in [7, 11) is 0. The van der Waals surface area contributed by atoms with E-state index in [1.165, 1.54) is 0 Å². The van der Waals surface area contributed by atoms with Crippen molar-refractivity contribution in [2.24, 2.45) is 5.92 Å². The molecule has 0 heterocycles. The van der Waals surface area contributed by atoms with Crippen LogP contribution in [0.5, 0.6) is 5.75 Å². The highest BCUT2D eigenvalue weighted by atomic mass is 16.5. The highest BCUT2D eigenvalue weighted by Crippen LogP contribution is 2.12. The molecule has 1 amide bonds. The van der Waals surface area contributed by atoms with E-state index in [0.717, 1.165) is 0 Å². The van der Waals surface area contributed by atoms with Gasteiger partial charge in [0.1, 0.15) is 12.4 Å². The predicted molar refractivity (Wildman–Crippen MR) is 74.5 cm³/mol. The van der Waals surface area contributed by atoms with E-state index in [2.05, 4.69) is 11.2 Å². The quantitative estimate of drug-likeness (QED) is 0.772. The number of hydrogen-bond donors (Lipinski definition) is 2. The Balaban J connectivity index is 2.64. The molecular weight excluding hydrogens is 258 g/mol. The van der Waals surface area contributed by atoms with Gasteiger partial charge >= 0.3 is 5.97 Å². The van der Waals surface area contributed by atoms with Crippen LogP contribution in [0.3, 0.4) is 0 Å². The van der Waals surface area contributed by atoms with Gasteiger partial charge < -0.3 is 15.2 Å². The molecule has 0 bridgehead atoms. The molecule has 2 N–H and O–H groups in total. The fraction of sp³-hybridized carbons (Fsp3) is 0.333. The molecule has 0 radical (unpaired) electrons. The molecule has 0 aliphatic rings. The van der Waals surface area contributed by atoms with Gasteiger partial charge in [0, 0.05) is 11.6 Å². The summed E-state index contributed by atoms with van der Waals surface area (Å²) in [5.41, 5.74) is 0.433. The van der Waals surface area contributed by atoms with E-state index in [9.17, 15) is 9.59 Å². The van der Waals surface area contributed by atoms with Crippen LogP contribution in [0, 0.1) is 18.3 Å². The van der Waals surface area contributed by atoms with Crippen LogP contribution in [0.1, 0.15) is 24.2 Å². The molecule has 0 spiro atoms. The molecule has 0 saturated heterocycles. The summed E-state index contributed by atoms with van der Waals surface area (Å²) in [6.45, 7) is 3.36. The van der Waals surface area contributed by atoms with Crippen molar-refractivity contribution in [3.63, 3.8) is 0 Å². The molecule has 0 aliphatic heterocycles. The molecular formula is C15H17NO4. The third-order valence-electron chi connectivity index (χ3n) is 2.94. The third kappa shape index (κ3) is 4.32. The smallest absolute Gasteiger partial charge is 0.308 e. The van der Waals surface area contributed by atoms with Crippen LogP contribution in [-0.4, -0.2) is 29.6 Å². The molecule has 2 atom stereocenters. The highest BCUT2D eigenvalue weighted by molar-refractivity contribution is 5.94. The molecule has 1 aromatic carbocycles. The number of carbonyl (C=O) groups is 2. The third-order valence-corrected chi connectivity index (χ3v) is 2.94. The van der Waals surface area contributed by atoms with Gasteiger partial charge in [0.25, 0.3) is 5.91 Å². The minimum absolute atomic E-state index is 0.165. The molecule has 5 nitrogen and oxygen atoms in total. The molecule has 0 fully saturated rings. The first-order valence-electron chi connectivity index (χ1n) is 6.15. The Kier molecular flexibility index (Phi) is 5.60. The van der Waals surface area contributed by atoms with E-state index >= 15 is 0 Å². The number of amides is 1. The molecule has 0 saturated carbocycles. The van der Waals surface area contributed by atoms with Crippen molar-refractivity contribution in [3.05, 3.63) is 29.8 Å². The standard InChI is InChI=1S/C15H17NO4/c1-4-9-20-13-7-5-12(6-8-13)14(17)16-11(3)10(2)15(18)19/h1,5-8,10-11H,9H2,2-3H3,(H,16,17)(H,18,19). The molecule has 1 aromatic rings. The maximum atomic E-state index is 11.9. The first kappa shape index (κ1) is 15.6. The largest absolute Gasteiger partial charge is 0.481 e. The van der Waals surface area contributed by atoms with Gasteiger partial charge in [0.15, 0.2) is 0 Å². The Labute approximate surface area is 117 Å². The van der Waals surface area contributed by atoms with Gasteiger partial charge in [-0.25, -0.2) is 0 Å². The molecule has 106 valence electrons. The van der Waals surface area contributed by atoms with Gasteiger partial charge in [-0.1, -0.05) is 5.92 Å². The van der Waals surface area contributed by atoms with Crippen LogP contribution < -0.4 is 10.1 Å². The number of terminal acetylenes is 1. The summed E-state index contributed by atoms with van der Waals surface area (Å²) in [4.78, 5) is 22.8. The monoisotopic (exact) mass is 275 g/mol. The number of ether oxygens (including phenoxy) is 1. The Morgan fingerprint density at radius 2 is 1.95 bits per heavy atom. The molecule has 0 aromatic heterocycles. The predicted octanol–water partition coefficient (Wildman–Crippen LogP) is 1.54. The zero-order valence-electron chi connectivity index (χ0n) is 11.4. The fourth-order valence-corrected chi connectivity index (χ4v) is 1.46. The van der Waals surface area contributed by atoms with Gasteiger partial charge in [-0.3, -0.25) is 9.59 Å². The number of nitrogens with one attached hydrogen (secondary N) is 1. The van der Waals surface area contributed by atoms with E-state index in [1.54, 1.807) is 38.1 Å². The lowest BCUT2D eigenvalue weighted by atomic mass is 10.0. The molecule has 5 heteroatoms. The second-order valence-corrected chi connectivity index (χ2v) is 4.41. The summed E-state index contributed by atoms with van der Waals surface area (Å²) in [5.74, 6) is 0.992. The average molecular weight is 275 g/mol. The normalized spacial score (nSPS) is 12.8. The highest BCUT2D eigenvalue weighted by Gasteiger charge is 2.21. The second kappa shape index (κ2) is 7.19. The summed E-state index contributed by atoms with van der Waals surface area (Å²) >= 11 is 0. The first-order chi connectivity index (χ1) is 9.45. The van der Waals surface area contributed by atoms with Gasteiger partial charge in [-0.05, 0) is 38.1 Å². The van der Waals surface area contributed by atoms with Gasteiger partial charge in [-0.15, -0.1) is 6.42 Å². The summed E-state index contributed by atoms with van der Waals surface area (Å²) in [6.07, 6.45) is 5.07. The topological polar surface area (TPSA) is 75.6 Å². The van der Waals surface area contributed by atoms with Gasteiger partial charge in [0.05, 0.1) is 5.92 Å². The zero-order valence-corrected chi connectivity index (χ0v) is 11.4. The molecule has 20 heavy (non-hydrogen) atoms. The van der Waals surface area contributed by atoms with Crippen LogP contribution in [0.15, 0.2) is 24.3 Å². The van der Waals surface area contributed by atoms with E-state index in [0.29, 0.717) is 11.3 Å². The molecule has 2 unspecified atom stereocenters. The second-order valence-electron chi connectivity index (χ2n) is 4.41. The minimum Gasteiger partial charge on any atom is -0.481 e. The molecule has 1 rings (SSSR count). The van der Waals surface area contributed by atoms with Crippen molar-refractivity contribution in [2.45, 2.75) is 19.9 Å². The van der Waals surface area contributed by atoms with Crippen molar-refractivity contribution in [3.8, 4) is 18.1 Å². The summed E-state index contributed by atoms with van der Waals surface area (Å²) in [6, 6.07) is 6.01. The van der Waals surface area contributed by atoms with E-state index in [4.69, 9.17) is 16.3 Å². The Bertz CT molecular complexity index is 516. The lowest BCUT2D eigenvalue weighted by Gasteiger charge is -2.17. The lowest BCUT2D eigenvalue weighted by molar-refractivity contribution is -0.141. The number of carboxylic acid groups (broad SMARTS) is 1. The first-order valence-corrected chi connectivity index (χ1v) is 6.15. The number of rotatable bonds is 6. The van der Waals surface area contributed by atoms with Gasteiger partial charge in [-0.2, -0.15) is 0 Å². The number of carboxylic acids is 1. The minimum atomic E-state index is -0.948. The Morgan fingerprint density at radius 1 is 1.35 bits per heavy atom. The van der Waals surface area contributed by atoms with Crippen LogP contribution in [0.25, 0.3) is 0 Å². The summed E-state index contributed by atoms with van der Waals surface area (Å²) < 4.78 is 5.20. The fourth-order valence-electron chi connectivity index (χ4n) is 1.46. The van der Waals surface area contributed by atoms with E-state index in [-0.39, 0.29) is 12.5 Å². The van der Waals surface area contributed by atoms with Crippen molar-refractivity contribution < 1.29 is 19.4 Å². The number of carbonyl (C=O) groups excluding carboxylic acids is 1. The van der Waals surface area contributed by atoms with Crippen molar-refractivity contribution in [1.29, 1.82) is 0 Å². The van der Waals surface area contributed by atoms with Gasteiger partial charge in [0.2, 0.25) is 0 Å². The zero-order chi connectivity index (χ0) is 15.1. The van der Waals surface area contributed by atoms with Crippen LogP contribution in [0.4, 0.5) is 0 Å². The maximum absolute atomic E-state index is 11.9. The van der Waals surface area contributed by atoms with Crippen LogP contribution in [0.2, 0.25) is 0 Å². The van der Waals surface area contributed by atoms with Crippen LogP contribution in [-0.2, 0) is 4.79 Å².